The van der Waals surface area contributed by atoms with Gasteiger partial charge in [0.25, 0.3) is 0 Å². The van der Waals surface area contributed by atoms with Crippen LogP contribution in [0.5, 0.6) is 0 Å². The second-order valence-corrected chi connectivity index (χ2v) is 4.05. The molecule has 0 aliphatic carbocycles. The van der Waals surface area contributed by atoms with Crippen molar-refractivity contribution in [3.05, 3.63) is 29.8 Å². The van der Waals surface area contributed by atoms with Crippen molar-refractivity contribution in [3.8, 4) is 0 Å². The Kier molecular flexibility index (Phi) is 7.74. The summed E-state index contributed by atoms with van der Waals surface area (Å²) in [6.45, 7) is 6.08. The number of para-hydroxylation sites is 1. The molecule has 0 bridgehead atoms. The Balaban J connectivity index is 0.000000423. The van der Waals surface area contributed by atoms with Crippen molar-refractivity contribution in [1.82, 2.24) is 0 Å². The van der Waals surface area contributed by atoms with Gasteiger partial charge in [-0.1, -0.05) is 45.4 Å². The number of unbranched alkanes of at least 4 members (excludes halogenated alkanes) is 1. The van der Waals surface area contributed by atoms with Crippen LogP contribution in [0.1, 0.15) is 39.2 Å². The van der Waals surface area contributed by atoms with Gasteiger partial charge in [-0.2, -0.15) is 0 Å². The third-order valence-corrected chi connectivity index (χ3v) is 1.85. The van der Waals surface area contributed by atoms with Crippen LogP contribution in [0.2, 0.25) is 0 Å². The maximum absolute atomic E-state index is 5.76. The molecule has 1 aromatic carbocycles. The Labute approximate surface area is 93.7 Å². The van der Waals surface area contributed by atoms with Crippen LogP contribution in [-0.2, 0) is 6.42 Å². The van der Waals surface area contributed by atoms with Crippen LogP contribution in [0.25, 0.3) is 0 Å². The fraction of sp³-hybridized carbons (Fsp3) is 0.538. The standard InChI is InChI=1S/C10H15N.C3H9N/c1-2-3-6-9-7-4-5-8-10(9)11;1-3(2)4/h4-5,7-8H,2-3,6,11H2,1H3;3H,4H2,1-2H3. The van der Waals surface area contributed by atoms with E-state index in [9.17, 15) is 0 Å². The number of rotatable bonds is 3. The summed E-state index contributed by atoms with van der Waals surface area (Å²) in [5.74, 6) is 0. The van der Waals surface area contributed by atoms with Crippen molar-refractivity contribution in [3.63, 3.8) is 0 Å². The molecule has 0 fully saturated rings. The summed E-state index contributed by atoms with van der Waals surface area (Å²) in [4.78, 5) is 0. The molecule has 0 amide bonds. The van der Waals surface area contributed by atoms with E-state index >= 15 is 0 Å². The number of hydrogen-bond acceptors (Lipinski definition) is 2. The molecule has 1 aromatic rings. The molecule has 0 aliphatic heterocycles. The molecule has 0 saturated heterocycles. The Morgan fingerprint density at radius 3 is 2.20 bits per heavy atom. The van der Waals surface area contributed by atoms with Gasteiger partial charge in [-0.15, -0.1) is 0 Å². The van der Waals surface area contributed by atoms with Crippen LogP contribution in [0, 0.1) is 0 Å². The average molecular weight is 208 g/mol. The predicted octanol–water partition coefficient (Wildman–Crippen LogP) is 2.96. The molecule has 86 valence electrons. The molecule has 0 aromatic heterocycles. The quantitative estimate of drug-likeness (QED) is 0.750. The number of benzene rings is 1. The maximum atomic E-state index is 5.76. The minimum absolute atomic E-state index is 0.333. The molecule has 0 heterocycles. The van der Waals surface area contributed by atoms with E-state index in [0.717, 1.165) is 12.1 Å². The van der Waals surface area contributed by atoms with Gasteiger partial charge >= 0.3 is 0 Å². The van der Waals surface area contributed by atoms with Crippen molar-refractivity contribution in [2.45, 2.75) is 46.1 Å². The van der Waals surface area contributed by atoms with E-state index in [1.54, 1.807) is 0 Å². The fourth-order valence-electron chi connectivity index (χ4n) is 1.13. The van der Waals surface area contributed by atoms with Crippen LogP contribution in [0.15, 0.2) is 24.3 Å². The molecule has 2 nitrogen and oxygen atoms in total. The summed E-state index contributed by atoms with van der Waals surface area (Å²) < 4.78 is 0. The predicted molar refractivity (Wildman–Crippen MR) is 68.8 cm³/mol. The van der Waals surface area contributed by atoms with Gasteiger partial charge in [0.15, 0.2) is 0 Å². The normalized spacial score (nSPS) is 9.67. The number of hydrogen-bond donors (Lipinski definition) is 2. The number of anilines is 1. The molecule has 0 spiro atoms. The van der Waals surface area contributed by atoms with Gasteiger partial charge in [0.05, 0.1) is 0 Å². The summed E-state index contributed by atoms with van der Waals surface area (Å²) in [6.07, 6.45) is 3.58. The summed E-state index contributed by atoms with van der Waals surface area (Å²) in [5.41, 5.74) is 13.1. The van der Waals surface area contributed by atoms with Gasteiger partial charge in [-0.05, 0) is 30.5 Å². The minimum Gasteiger partial charge on any atom is -0.399 e. The second kappa shape index (κ2) is 8.30. The van der Waals surface area contributed by atoms with Crippen molar-refractivity contribution >= 4 is 5.69 Å². The maximum Gasteiger partial charge on any atom is 0.0346 e. The van der Waals surface area contributed by atoms with Crippen molar-refractivity contribution < 1.29 is 0 Å². The van der Waals surface area contributed by atoms with Gasteiger partial charge in [0.1, 0.15) is 0 Å². The molecule has 0 atom stereocenters. The molecule has 0 aliphatic rings. The van der Waals surface area contributed by atoms with E-state index in [-0.39, 0.29) is 0 Å². The first-order chi connectivity index (χ1) is 7.07. The van der Waals surface area contributed by atoms with Gasteiger partial charge in [-0.25, -0.2) is 0 Å². The highest BCUT2D eigenvalue weighted by molar-refractivity contribution is 5.46. The van der Waals surface area contributed by atoms with Crippen molar-refractivity contribution in [2.75, 3.05) is 5.73 Å². The molecule has 4 N–H and O–H groups in total. The number of aryl methyl sites for hydroxylation is 1. The van der Waals surface area contributed by atoms with Crippen LogP contribution in [-0.4, -0.2) is 6.04 Å². The fourth-order valence-corrected chi connectivity index (χ4v) is 1.13. The highest BCUT2D eigenvalue weighted by atomic mass is 14.6. The van der Waals surface area contributed by atoms with Gasteiger partial charge in [0.2, 0.25) is 0 Å². The summed E-state index contributed by atoms with van der Waals surface area (Å²) >= 11 is 0. The Morgan fingerprint density at radius 2 is 1.73 bits per heavy atom. The first-order valence-corrected chi connectivity index (χ1v) is 5.66. The first kappa shape index (κ1) is 14.0. The zero-order chi connectivity index (χ0) is 11.7. The van der Waals surface area contributed by atoms with E-state index in [1.165, 1.54) is 18.4 Å². The lowest BCUT2D eigenvalue weighted by molar-refractivity contribution is 0.796. The van der Waals surface area contributed by atoms with E-state index < -0.39 is 0 Å². The molecule has 15 heavy (non-hydrogen) atoms. The molecule has 2 heteroatoms. The summed E-state index contributed by atoms with van der Waals surface area (Å²) in [5, 5.41) is 0. The third kappa shape index (κ3) is 8.01. The van der Waals surface area contributed by atoms with E-state index in [2.05, 4.69) is 13.0 Å². The van der Waals surface area contributed by atoms with Crippen LogP contribution >= 0.6 is 0 Å². The van der Waals surface area contributed by atoms with Gasteiger partial charge in [-0.3, -0.25) is 0 Å². The van der Waals surface area contributed by atoms with Crippen molar-refractivity contribution in [2.24, 2.45) is 5.73 Å². The monoisotopic (exact) mass is 208 g/mol. The Bertz CT molecular complexity index is 254. The lowest BCUT2D eigenvalue weighted by atomic mass is 10.1. The molecule has 1 rings (SSSR count). The average Bonchev–Trinajstić information content (AvgIpc) is 2.16. The highest BCUT2D eigenvalue weighted by Crippen LogP contribution is 2.12. The summed E-state index contributed by atoms with van der Waals surface area (Å²) in [7, 11) is 0. The van der Waals surface area contributed by atoms with Crippen LogP contribution in [0.3, 0.4) is 0 Å². The smallest absolute Gasteiger partial charge is 0.0346 e. The van der Waals surface area contributed by atoms with Gasteiger partial charge in [0, 0.05) is 5.69 Å². The Morgan fingerprint density at radius 1 is 1.20 bits per heavy atom. The van der Waals surface area contributed by atoms with E-state index in [1.807, 2.05) is 32.0 Å². The zero-order valence-electron chi connectivity index (χ0n) is 10.2. The number of nitrogens with two attached hydrogens (primary N) is 2. The molecule has 0 saturated carbocycles. The van der Waals surface area contributed by atoms with E-state index in [4.69, 9.17) is 11.5 Å². The first-order valence-electron chi connectivity index (χ1n) is 5.66. The zero-order valence-corrected chi connectivity index (χ0v) is 10.2. The second-order valence-electron chi connectivity index (χ2n) is 4.05. The SMILES string of the molecule is CC(C)N.CCCCc1ccccc1N. The lowest BCUT2D eigenvalue weighted by Crippen LogP contribution is -2.06. The van der Waals surface area contributed by atoms with Crippen LogP contribution in [0.4, 0.5) is 5.69 Å². The summed E-state index contributed by atoms with van der Waals surface area (Å²) in [6, 6.07) is 8.42. The lowest BCUT2D eigenvalue weighted by Gasteiger charge is -2.02. The molecular formula is C13H24N2. The van der Waals surface area contributed by atoms with E-state index in [0.29, 0.717) is 6.04 Å². The minimum atomic E-state index is 0.333. The molecular weight excluding hydrogens is 184 g/mol. The van der Waals surface area contributed by atoms with Crippen LogP contribution < -0.4 is 11.5 Å². The van der Waals surface area contributed by atoms with Crippen molar-refractivity contribution in [1.29, 1.82) is 0 Å². The third-order valence-electron chi connectivity index (χ3n) is 1.85. The van der Waals surface area contributed by atoms with Gasteiger partial charge < -0.3 is 11.5 Å². The number of nitrogen functional groups attached to an aromatic ring is 1. The molecule has 0 unspecified atom stereocenters. The Hall–Kier alpha value is -1.02. The highest BCUT2D eigenvalue weighted by Gasteiger charge is 1.94. The largest absolute Gasteiger partial charge is 0.399 e. The molecule has 0 radical (unpaired) electrons. The topological polar surface area (TPSA) is 52.0 Å².